The van der Waals surface area contributed by atoms with Crippen molar-refractivity contribution in [3.8, 4) is 5.75 Å². The molecule has 0 spiro atoms. The van der Waals surface area contributed by atoms with E-state index in [4.69, 9.17) is 4.74 Å². The Hall–Kier alpha value is -1.02. The van der Waals surface area contributed by atoms with Gasteiger partial charge in [-0.2, -0.15) is 0 Å². The Balaban J connectivity index is 1.44. The van der Waals surface area contributed by atoms with Crippen LogP contribution in [0.1, 0.15) is 49.3 Å². The Labute approximate surface area is 126 Å². The van der Waals surface area contributed by atoms with E-state index in [9.17, 15) is 5.11 Å². The minimum atomic E-state index is -0.258. The Kier molecular flexibility index (Phi) is 2.67. The average Bonchev–Trinajstić information content (AvgIpc) is 2.93. The van der Waals surface area contributed by atoms with E-state index in [1.807, 2.05) is 0 Å². The second kappa shape index (κ2) is 4.49. The fourth-order valence-electron chi connectivity index (χ4n) is 6.10. The highest BCUT2D eigenvalue weighted by Gasteiger charge is 2.50. The Morgan fingerprint density at radius 2 is 1.71 bits per heavy atom. The smallest absolute Gasteiger partial charge is 0.122 e. The lowest BCUT2D eigenvalue weighted by Gasteiger charge is -2.55. The maximum absolute atomic E-state index is 11.0. The lowest BCUT2D eigenvalue weighted by molar-refractivity contribution is -0.0908. The first-order valence-electron chi connectivity index (χ1n) is 8.71. The van der Waals surface area contributed by atoms with Gasteiger partial charge in [0.05, 0.1) is 12.7 Å². The summed E-state index contributed by atoms with van der Waals surface area (Å²) in [5.74, 6) is 5.05. The SMILES string of the molecule is OC(c1ccc2c(c1)CCO2)C1C2CC3CC(C2)CC1C3. The molecule has 4 fully saturated rings. The summed E-state index contributed by atoms with van der Waals surface area (Å²) in [6.07, 6.45) is 7.73. The molecule has 5 aliphatic rings. The Morgan fingerprint density at radius 1 is 1.00 bits per heavy atom. The van der Waals surface area contributed by atoms with Gasteiger partial charge in [0.1, 0.15) is 5.75 Å². The Bertz CT molecular complexity index is 537. The third kappa shape index (κ3) is 1.88. The molecule has 0 aromatic heterocycles. The first kappa shape index (κ1) is 12.5. The molecule has 4 saturated carbocycles. The quantitative estimate of drug-likeness (QED) is 0.896. The van der Waals surface area contributed by atoms with Crippen molar-refractivity contribution in [2.75, 3.05) is 6.61 Å². The van der Waals surface area contributed by atoms with Crippen LogP contribution in [0, 0.1) is 29.6 Å². The molecule has 1 atom stereocenters. The van der Waals surface area contributed by atoms with Gasteiger partial charge in [-0.3, -0.25) is 0 Å². The fraction of sp³-hybridized carbons (Fsp3) is 0.684. The maximum Gasteiger partial charge on any atom is 0.122 e. The molecule has 2 nitrogen and oxygen atoms in total. The molecular formula is C19H24O2. The molecule has 6 rings (SSSR count). The molecule has 0 radical (unpaired) electrons. The number of hydrogen-bond donors (Lipinski definition) is 1. The molecule has 0 saturated heterocycles. The van der Waals surface area contributed by atoms with Crippen molar-refractivity contribution >= 4 is 0 Å². The van der Waals surface area contributed by atoms with Crippen LogP contribution in [0.2, 0.25) is 0 Å². The highest BCUT2D eigenvalue weighted by Crippen LogP contribution is 2.59. The first-order chi connectivity index (χ1) is 10.3. The summed E-state index contributed by atoms with van der Waals surface area (Å²) in [4.78, 5) is 0. The number of fused-ring (bicyclic) bond motifs is 1. The van der Waals surface area contributed by atoms with E-state index in [-0.39, 0.29) is 6.10 Å². The van der Waals surface area contributed by atoms with Crippen molar-refractivity contribution < 1.29 is 9.84 Å². The highest BCUT2D eigenvalue weighted by molar-refractivity contribution is 5.40. The molecule has 112 valence electrons. The maximum atomic E-state index is 11.0. The summed E-state index contributed by atoms with van der Waals surface area (Å²) < 4.78 is 5.59. The van der Waals surface area contributed by atoms with Gasteiger partial charge >= 0.3 is 0 Å². The largest absolute Gasteiger partial charge is 0.493 e. The van der Waals surface area contributed by atoms with E-state index in [0.29, 0.717) is 5.92 Å². The number of aliphatic hydroxyl groups excluding tert-OH is 1. The molecule has 1 unspecified atom stereocenters. The van der Waals surface area contributed by atoms with Crippen LogP contribution in [0.3, 0.4) is 0 Å². The number of benzene rings is 1. The minimum Gasteiger partial charge on any atom is -0.493 e. The van der Waals surface area contributed by atoms with E-state index >= 15 is 0 Å². The number of ether oxygens (including phenoxy) is 1. The van der Waals surface area contributed by atoms with Gasteiger partial charge < -0.3 is 9.84 Å². The van der Waals surface area contributed by atoms with Crippen LogP contribution in [-0.2, 0) is 6.42 Å². The second-order valence-electron chi connectivity index (χ2n) is 7.92. The summed E-state index contributed by atoms with van der Waals surface area (Å²) in [7, 11) is 0. The van der Waals surface area contributed by atoms with Crippen LogP contribution in [0.15, 0.2) is 18.2 Å². The number of rotatable bonds is 2. The molecule has 21 heavy (non-hydrogen) atoms. The van der Waals surface area contributed by atoms with E-state index in [1.165, 1.54) is 37.7 Å². The van der Waals surface area contributed by atoms with Gasteiger partial charge in [0, 0.05) is 6.42 Å². The van der Waals surface area contributed by atoms with Crippen molar-refractivity contribution in [2.45, 2.75) is 44.6 Å². The van der Waals surface area contributed by atoms with Gasteiger partial charge in [-0.05, 0) is 85.0 Å². The molecule has 4 bridgehead atoms. The van der Waals surface area contributed by atoms with Crippen LogP contribution in [0.25, 0.3) is 0 Å². The van der Waals surface area contributed by atoms with Gasteiger partial charge in [0.25, 0.3) is 0 Å². The monoisotopic (exact) mass is 284 g/mol. The lowest BCUT2D eigenvalue weighted by atomic mass is 9.50. The first-order valence-corrected chi connectivity index (χ1v) is 8.71. The summed E-state index contributed by atoms with van der Waals surface area (Å²) in [6.45, 7) is 0.799. The van der Waals surface area contributed by atoms with Crippen LogP contribution in [0.5, 0.6) is 5.75 Å². The molecule has 1 heterocycles. The van der Waals surface area contributed by atoms with Gasteiger partial charge in [-0.25, -0.2) is 0 Å². The summed E-state index contributed by atoms with van der Waals surface area (Å²) in [5.41, 5.74) is 2.42. The molecule has 1 N–H and O–H groups in total. The zero-order valence-corrected chi connectivity index (χ0v) is 12.5. The van der Waals surface area contributed by atoms with E-state index in [2.05, 4.69) is 18.2 Å². The number of hydrogen-bond acceptors (Lipinski definition) is 2. The summed E-state index contributed by atoms with van der Waals surface area (Å²) >= 11 is 0. The van der Waals surface area contributed by atoms with E-state index < -0.39 is 0 Å². The second-order valence-corrected chi connectivity index (χ2v) is 7.92. The predicted octanol–water partition coefficient (Wildman–Crippen LogP) is 3.73. The zero-order valence-electron chi connectivity index (χ0n) is 12.5. The number of aliphatic hydroxyl groups is 1. The van der Waals surface area contributed by atoms with E-state index in [0.717, 1.165) is 48.0 Å². The molecule has 4 aliphatic carbocycles. The summed E-state index contributed by atoms with van der Waals surface area (Å²) in [5, 5.41) is 11.0. The van der Waals surface area contributed by atoms with Gasteiger partial charge in [-0.15, -0.1) is 0 Å². The van der Waals surface area contributed by atoms with Crippen molar-refractivity contribution in [3.63, 3.8) is 0 Å². The van der Waals surface area contributed by atoms with Crippen LogP contribution >= 0.6 is 0 Å². The topological polar surface area (TPSA) is 29.5 Å². The standard InChI is InChI=1S/C19H24O2/c20-19(14-1-2-17-13(10-14)3-4-21-17)18-15-6-11-5-12(8-15)9-16(18)7-11/h1-2,10-12,15-16,18-20H,3-9H2. The summed E-state index contributed by atoms with van der Waals surface area (Å²) in [6, 6.07) is 6.37. The Morgan fingerprint density at radius 3 is 2.43 bits per heavy atom. The third-order valence-corrected chi connectivity index (χ3v) is 6.72. The molecule has 1 aromatic rings. The normalized spacial score (nSPS) is 40.9. The molecule has 2 heteroatoms. The molecule has 0 amide bonds. The zero-order chi connectivity index (χ0) is 14.0. The molecule has 1 aromatic carbocycles. The van der Waals surface area contributed by atoms with Crippen molar-refractivity contribution in [2.24, 2.45) is 29.6 Å². The third-order valence-electron chi connectivity index (χ3n) is 6.72. The predicted molar refractivity (Wildman–Crippen MR) is 81.1 cm³/mol. The van der Waals surface area contributed by atoms with Gasteiger partial charge in [0.2, 0.25) is 0 Å². The van der Waals surface area contributed by atoms with Gasteiger partial charge in [-0.1, -0.05) is 6.07 Å². The highest BCUT2D eigenvalue weighted by atomic mass is 16.5. The van der Waals surface area contributed by atoms with Crippen LogP contribution in [0.4, 0.5) is 0 Å². The fourth-order valence-corrected chi connectivity index (χ4v) is 6.10. The van der Waals surface area contributed by atoms with E-state index in [1.54, 1.807) is 0 Å². The van der Waals surface area contributed by atoms with Crippen LogP contribution < -0.4 is 4.74 Å². The van der Waals surface area contributed by atoms with Gasteiger partial charge in [0.15, 0.2) is 0 Å². The molecule has 1 aliphatic heterocycles. The van der Waals surface area contributed by atoms with Crippen molar-refractivity contribution in [3.05, 3.63) is 29.3 Å². The minimum absolute atomic E-state index is 0.258. The average molecular weight is 284 g/mol. The molecular weight excluding hydrogens is 260 g/mol. The van der Waals surface area contributed by atoms with Crippen molar-refractivity contribution in [1.82, 2.24) is 0 Å². The van der Waals surface area contributed by atoms with Crippen LogP contribution in [-0.4, -0.2) is 11.7 Å². The van der Waals surface area contributed by atoms with Crippen molar-refractivity contribution in [1.29, 1.82) is 0 Å². The lowest BCUT2D eigenvalue weighted by Crippen LogP contribution is -2.47.